The highest BCUT2D eigenvalue weighted by Gasteiger charge is 2.22. The summed E-state index contributed by atoms with van der Waals surface area (Å²) in [6, 6.07) is 16.3. The fraction of sp³-hybridized carbons (Fsp3) is 0.200. The predicted octanol–water partition coefficient (Wildman–Crippen LogP) is 4.23. The highest BCUT2D eigenvalue weighted by atomic mass is 16.6. The number of ether oxygens (including phenoxy) is 1. The topological polar surface area (TPSA) is 38.7 Å². The highest BCUT2D eigenvalue weighted by molar-refractivity contribution is 6.07. The molecule has 1 aliphatic heterocycles. The summed E-state index contributed by atoms with van der Waals surface area (Å²) in [6.07, 6.45) is 3.21. The SMILES string of the molecule is Cc1ccc(CCC2=N/C(=C/c3cccc(C)c3)C(=O)O2)cc1. The maximum atomic E-state index is 11.9. The molecule has 116 valence electrons. The Morgan fingerprint density at radius 3 is 2.52 bits per heavy atom. The van der Waals surface area contributed by atoms with Crippen molar-refractivity contribution in [2.75, 3.05) is 0 Å². The van der Waals surface area contributed by atoms with Crippen LogP contribution < -0.4 is 0 Å². The summed E-state index contributed by atoms with van der Waals surface area (Å²) in [4.78, 5) is 16.3. The summed E-state index contributed by atoms with van der Waals surface area (Å²) in [5, 5.41) is 0. The van der Waals surface area contributed by atoms with Gasteiger partial charge in [-0.2, -0.15) is 0 Å². The van der Waals surface area contributed by atoms with Gasteiger partial charge < -0.3 is 4.74 Å². The summed E-state index contributed by atoms with van der Waals surface area (Å²) in [6.45, 7) is 4.08. The van der Waals surface area contributed by atoms with Crippen LogP contribution in [-0.4, -0.2) is 11.9 Å². The second-order valence-electron chi connectivity index (χ2n) is 5.82. The van der Waals surface area contributed by atoms with E-state index in [2.05, 4.69) is 36.2 Å². The number of carbonyl (C=O) groups is 1. The van der Waals surface area contributed by atoms with Gasteiger partial charge in [-0.15, -0.1) is 0 Å². The molecule has 0 aliphatic carbocycles. The second kappa shape index (κ2) is 6.61. The van der Waals surface area contributed by atoms with E-state index >= 15 is 0 Å². The Balaban J connectivity index is 1.70. The zero-order valence-electron chi connectivity index (χ0n) is 13.4. The number of esters is 1. The third-order valence-electron chi connectivity index (χ3n) is 3.76. The van der Waals surface area contributed by atoms with Gasteiger partial charge in [-0.25, -0.2) is 9.79 Å². The van der Waals surface area contributed by atoms with Crippen LogP contribution >= 0.6 is 0 Å². The third-order valence-corrected chi connectivity index (χ3v) is 3.76. The van der Waals surface area contributed by atoms with Crippen LogP contribution in [0.4, 0.5) is 0 Å². The molecule has 3 nitrogen and oxygen atoms in total. The van der Waals surface area contributed by atoms with Gasteiger partial charge in [0.05, 0.1) is 0 Å². The zero-order chi connectivity index (χ0) is 16.2. The standard InChI is InChI=1S/C20H19NO2/c1-14-6-8-16(9-7-14)10-11-19-21-18(20(22)23-19)13-17-5-3-4-15(2)12-17/h3-9,12-13H,10-11H2,1-2H3/b18-13+. The molecular weight excluding hydrogens is 286 g/mol. The summed E-state index contributed by atoms with van der Waals surface area (Å²) in [5.41, 5.74) is 4.93. The van der Waals surface area contributed by atoms with Gasteiger partial charge in [-0.05, 0) is 37.5 Å². The largest absolute Gasteiger partial charge is 0.407 e. The van der Waals surface area contributed by atoms with Crippen LogP contribution in [0.3, 0.4) is 0 Å². The van der Waals surface area contributed by atoms with Crippen molar-refractivity contribution in [3.8, 4) is 0 Å². The van der Waals surface area contributed by atoms with Gasteiger partial charge in [0.25, 0.3) is 0 Å². The number of carbonyl (C=O) groups excluding carboxylic acids is 1. The number of hydrogen-bond donors (Lipinski definition) is 0. The van der Waals surface area contributed by atoms with Crippen molar-refractivity contribution in [3.05, 3.63) is 76.5 Å². The second-order valence-corrected chi connectivity index (χ2v) is 5.82. The van der Waals surface area contributed by atoms with Crippen LogP contribution in [0.25, 0.3) is 6.08 Å². The summed E-state index contributed by atoms with van der Waals surface area (Å²) < 4.78 is 5.26. The lowest BCUT2D eigenvalue weighted by atomic mass is 10.1. The first-order chi connectivity index (χ1) is 11.1. The Morgan fingerprint density at radius 2 is 1.78 bits per heavy atom. The molecule has 0 bridgehead atoms. The lowest BCUT2D eigenvalue weighted by Crippen LogP contribution is -2.05. The Hall–Kier alpha value is -2.68. The Morgan fingerprint density at radius 1 is 1.00 bits per heavy atom. The molecule has 0 aromatic heterocycles. The van der Waals surface area contributed by atoms with E-state index in [1.165, 1.54) is 11.1 Å². The van der Waals surface area contributed by atoms with E-state index in [-0.39, 0.29) is 5.97 Å². The van der Waals surface area contributed by atoms with Crippen LogP contribution in [0, 0.1) is 13.8 Å². The number of benzene rings is 2. The summed E-state index contributed by atoms with van der Waals surface area (Å²) in [7, 11) is 0. The molecular formula is C20H19NO2. The van der Waals surface area contributed by atoms with Crippen molar-refractivity contribution >= 4 is 17.9 Å². The van der Waals surface area contributed by atoms with Gasteiger partial charge in [-0.1, -0.05) is 59.7 Å². The molecule has 3 rings (SSSR count). The number of cyclic esters (lactones) is 1. The monoisotopic (exact) mass is 305 g/mol. The Labute approximate surface area is 136 Å². The molecule has 1 heterocycles. The molecule has 0 unspecified atom stereocenters. The molecule has 3 heteroatoms. The summed E-state index contributed by atoms with van der Waals surface area (Å²) in [5.74, 6) is 0.125. The summed E-state index contributed by atoms with van der Waals surface area (Å²) >= 11 is 0. The van der Waals surface area contributed by atoms with E-state index in [1.54, 1.807) is 6.08 Å². The lowest BCUT2D eigenvalue weighted by Gasteiger charge is -2.01. The smallest absolute Gasteiger partial charge is 0.363 e. The van der Waals surface area contributed by atoms with Crippen molar-refractivity contribution < 1.29 is 9.53 Å². The highest BCUT2D eigenvalue weighted by Crippen LogP contribution is 2.18. The first-order valence-electron chi connectivity index (χ1n) is 7.74. The van der Waals surface area contributed by atoms with Crippen molar-refractivity contribution in [1.82, 2.24) is 0 Å². The van der Waals surface area contributed by atoms with Crippen LogP contribution in [-0.2, 0) is 16.0 Å². The maximum Gasteiger partial charge on any atom is 0.363 e. The minimum atomic E-state index is -0.370. The number of aryl methyl sites for hydroxylation is 3. The third kappa shape index (κ3) is 3.95. The molecule has 0 fully saturated rings. The van der Waals surface area contributed by atoms with E-state index in [0.717, 1.165) is 17.5 Å². The maximum absolute atomic E-state index is 11.9. The average molecular weight is 305 g/mol. The van der Waals surface area contributed by atoms with E-state index in [9.17, 15) is 4.79 Å². The minimum absolute atomic E-state index is 0.370. The number of rotatable bonds is 4. The van der Waals surface area contributed by atoms with Gasteiger partial charge in [0.1, 0.15) is 0 Å². The van der Waals surface area contributed by atoms with Gasteiger partial charge in [0, 0.05) is 6.42 Å². The molecule has 2 aromatic carbocycles. The first-order valence-corrected chi connectivity index (χ1v) is 7.74. The quantitative estimate of drug-likeness (QED) is 0.626. The van der Waals surface area contributed by atoms with E-state index in [4.69, 9.17) is 4.74 Å². The molecule has 0 spiro atoms. The lowest BCUT2D eigenvalue weighted by molar-refractivity contribution is -0.130. The van der Waals surface area contributed by atoms with E-state index in [1.807, 2.05) is 31.2 Å². The molecule has 1 aliphatic rings. The predicted molar refractivity (Wildman–Crippen MR) is 92.2 cm³/mol. The molecule has 0 saturated heterocycles. The molecule has 0 saturated carbocycles. The fourth-order valence-corrected chi connectivity index (χ4v) is 2.48. The van der Waals surface area contributed by atoms with Gasteiger partial charge in [0.15, 0.2) is 11.6 Å². The van der Waals surface area contributed by atoms with Crippen LogP contribution in [0.15, 0.2) is 59.2 Å². The van der Waals surface area contributed by atoms with Crippen LogP contribution in [0.1, 0.15) is 28.7 Å². The van der Waals surface area contributed by atoms with Crippen molar-refractivity contribution in [2.24, 2.45) is 4.99 Å². The molecule has 2 aromatic rings. The van der Waals surface area contributed by atoms with E-state index < -0.39 is 0 Å². The molecule has 0 amide bonds. The number of aliphatic imine (C=N–C) groups is 1. The minimum Gasteiger partial charge on any atom is -0.407 e. The Kier molecular flexibility index (Phi) is 4.38. The Bertz CT molecular complexity index is 786. The molecule has 23 heavy (non-hydrogen) atoms. The first kappa shape index (κ1) is 15.2. The van der Waals surface area contributed by atoms with Crippen molar-refractivity contribution in [1.29, 1.82) is 0 Å². The normalized spacial score (nSPS) is 15.7. The zero-order valence-corrected chi connectivity index (χ0v) is 13.4. The molecule has 0 atom stereocenters. The van der Waals surface area contributed by atoms with Crippen molar-refractivity contribution in [2.45, 2.75) is 26.7 Å². The molecule has 0 N–H and O–H groups in total. The van der Waals surface area contributed by atoms with Gasteiger partial charge in [0.2, 0.25) is 0 Å². The number of hydrogen-bond acceptors (Lipinski definition) is 3. The van der Waals surface area contributed by atoms with Gasteiger partial charge in [-0.3, -0.25) is 0 Å². The van der Waals surface area contributed by atoms with Gasteiger partial charge >= 0.3 is 5.97 Å². The van der Waals surface area contributed by atoms with Crippen LogP contribution in [0.2, 0.25) is 0 Å². The van der Waals surface area contributed by atoms with E-state index in [0.29, 0.717) is 18.0 Å². The molecule has 0 radical (unpaired) electrons. The average Bonchev–Trinajstić information content (AvgIpc) is 2.87. The number of nitrogens with zero attached hydrogens (tertiary/aromatic N) is 1. The fourth-order valence-electron chi connectivity index (χ4n) is 2.48. The van der Waals surface area contributed by atoms with Crippen molar-refractivity contribution in [3.63, 3.8) is 0 Å². The van der Waals surface area contributed by atoms with Crippen LogP contribution in [0.5, 0.6) is 0 Å².